The fourth-order valence-corrected chi connectivity index (χ4v) is 2.07. The lowest BCUT2D eigenvalue weighted by Crippen LogP contribution is -2.22. The minimum Gasteiger partial charge on any atom is -0.480 e. The van der Waals surface area contributed by atoms with Crippen LogP contribution in [0.15, 0.2) is 18.2 Å². The van der Waals surface area contributed by atoms with Crippen LogP contribution in [-0.4, -0.2) is 11.1 Å². The van der Waals surface area contributed by atoms with E-state index in [1.807, 2.05) is 12.1 Å². The third-order valence-electron chi connectivity index (χ3n) is 2.78. The second-order valence-electron chi connectivity index (χ2n) is 3.65. The van der Waals surface area contributed by atoms with E-state index in [4.69, 9.17) is 10.8 Å². The molecule has 0 amide bonds. The monoisotopic (exact) mass is 191 g/mol. The first-order valence-electron chi connectivity index (χ1n) is 4.79. The second-order valence-corrected chi connectivity index (χ2v) is 3.65. The normalized spacial score (nSPS) is 16.4. The highest BCUT2D eigenvalue weighted by Crippen LogP contribution is 2.28. The fourth-order valence-electron chi connectivity index (χ4n) is 2.07. The summed E-state index contributed by atoms with van der Waals surface area (Å²) >= 11 is 0. The van der Waals surface area contributed by atoms with Gasteiger partial charge in [-0.15, -0.1) is 0 Å². The van der Waals surface area contributed by atoms with Gasteiger partial charge >= 0.3 is 5.97 Å². The van der Waals surface area contributed by atoms with E-state index in [1.165, 1.54) is 5.56 Å². The first-order valence-corrected chi connectivity index (χ1v) is 4.79. The zero-order chi connectivity index (χ0) is 10.1. The van der Waals surface area contributed by atoms with E-state index >= 15 is 0 Å². The van der Waals surface area contributed by atoms with Gasteiger partial charge in [0.1, 0.15) is 6.04 Å². The average Bonchev–Trinajstić information content (AvgIpc) is 2.63. The smallest absolute Gasteiger partial charge is 0.325 e. The van der Waals surface area contributed by atoms with E-state index in [0.29, 0.717) is 0 Å². The van der Waals surface area contributed by atoms with Gasteiger partial charge in [-0.3, -0.25) is 4.79 Å². The molecule has 2 rings (SSSR count). The van der Waals surface area contributed by atoms with Crippen molar-refractivity contribution in [1.29, 1.82) is 0 Å². The summed E-state index contributed by atoms with van der Waals surface area (Å²) in [5.41, 5.74) is 8.81. The quantitative estimate of drug-likeness (QED) is 0.739. The van der Waals surface area contributed by atoms with Gasteiger partial charge in [0.15, 0.2) is 0 Å². The molecule has 14 heavy (non-hydrogen) atoms. The third kappa shape index (κ3) is 1.40. The highest BCUT2D eigenvalue weighted by atomic mass is 16.4. The van der Waals surface area contributed by atoms with Gasteiger partial charge in [-0.05, 0) is 36.0 Å². The summed E-state index contributed by atoms with van der Waals surface area (Å²) in [7, 11) is 0. The molecule has 0 aromatic heterocycles. The number of carbonyl (C=O) groups is 1. The molecule has 0 heterocycles. The van der Waals surface area contributed by atoms with Crippen molar-refractivity contribution in [2.24, 2.45) is 5.73 Å². The Morgan fingerprint density at radius 3 is 2.93 bits per heavy atom. The molecule has 1 aromatic rings. The Hall–Kier alpha value is -1.35. The molecule has 0 bridgehead atoms. The Kier molecular flexibility index (Phi) is 2.25. The molecule has 0 spiro atoms. The van der Waals surface area contributed by atoms with Crippen molar-refractivity contribution in [3.8, 4) is 0 Å². The first-order chi connectivity index (χ1) is 6.70. The SMILES string of the molecule is N[C@H](C(=O)O)c1cccc2c1CCC2. The fraction of sp³-hybridized carbons (Fsp3) is 0.364. The van der Waals surface area contributed by atoms with Crippen molar-refractivity contribution in [1.82, 2.24) is 0 Å². The first kappa shape index (κ1) is 9.21. The van der Waals surface area contributed by atoms with Gasteiger partial charge in [0, 0.05) is 0 Å². The number of carboxylic acid groups (broad SMARTS) is 1. The van der Waals surface area contributed by atoms with Crippen LogP contribution in [0.5, 0.6) is 0 Å². The summed E-state index contributed by atoms with van der Waals surface area (Å²) in [5, 5.41) is 8.84. The van der Waals surface area contributed by atoms with Crippen molar-refractivity contribution >= 4 is 5.97 Å². The maximum absolute atomic E-state index is 10.8. The van der Waals surface area contributed by atoms with Crippen molar-refractivity contribution in [3.05, 3.63) is 34.9 Å². The van der Waals surface area contributed by atoms with Crippen LogP contribution in [0.1, 0.15) is 29.2 Å². The van der Waals surface area contributed by atoms with Gasteiger partial charge in [-0.1, -0.05) is 18.2 Å². The molecule has 0 unspecified atom stereocenters. The summed E-state index contributed by atoms with van der Waals surface area (Å²) in [6, 6.07) is 4.90. The van der Waals surface area contributed by atoms with E-state index in [1.54, 1.807) is 0 Å². The Bertz CT molecular complexity index is 374. The summed E-state index contributed by atoms with van der Waals surface area (Å²) < 4.78 is 0. The predicted octanol–water partition coefficient (Wildman–Crippen LogP) is 1.26. The molecule has 1 aromatic carbocycles. The minimum absolute atomic E-state index is 0.785. The van der Waals surface area contributed by atoms with Crippen molar-refractivity contribution in [2.45, 2.75) is 25.3 Å². The summed E-state index contributed by atoms with van der Waals surface area (Å²) in [6.45, 7) is 0. The molecule has 1 aliphatic carbocycles. The van der Waals surface area contributed by atoms with E-state index in [9.17, 15) is 4.79 Å². The molecule has 1 aliphatic rings. The number of aliphatic carboxylic acids is 1. The third-order valence-corrected chi connectivity index (χ3v) is 2.78. The molecule has 0 saturated carbocycles. The largest absolute Gasteiger partial charge is 0.480 e. The molecule has 0 fully saturated rings. The predicted molar refractivity (Wildman–Crippen MR) is 53.0 cm³/mol. The molecular formula is C11H13NO2. The average molecular weight is 191 g/mol. The second kappa shape index (κ2) is 3.42. The van der Waals surface area contributed by atoms with Crippen LogP contribution < -0.4 is 5.73 Å². The van der Waals surface area contributed by atoms with Gasteiger partial charge in [-0.25, -0.2) is 0 Å². The van der Waals surface area contributed by atoms with Crippen LogP contribution >= 0.6 is 0 Å². The molecule has 1 atom stereocenters. The van der Waals surface area contributed by atoms with Gasteiger partial charge < -0.3 is 10.8 Å². The number of benzene rings is 1. The topological polar surface area (TPSA) is 63.3 Å². The van der Waals surface area contributed by atoms with Gasteiger partial charge in [0.25, 0.3) is 0 Å². The van der Waals surface area contributed by atoms with Crippen LogP contribution in [0, 0.1) is 0 Å². The maximum atomic E-state index is 10.8. The Labute approximate surface area is 82.5 Å². The van der Waals surface area contributed by atoms with E-state index in [0.717, 1.165) is 30.4 Å². The van der Waals surface area contributed by atoms with Crippen LogP contribution in [0.2, 0.25) is 0 Å². The Morgan fingerprint density at radius 2 is 2.21 bits per heavy atom. The molecule has 0 aliphatic heterocycles. The molecule has 3 nitrogen and oxygen atoms in total. The van der Waals surface area contributed by atoms with Gasteiger partial charge in [0.2, 0.25) is 0 Å². The molecule has 3 N–H and O–H groups in total. The lowest BCUT2D eigenvalue weighted by molar-refractivity contribution is -0.138. The molecule has 74 valence electrons. The minimum atomic E-state index is -0.953. The molecule has 0 radical (unpaired) electrons. The zero-order valence-corrected chi connectivity index (χ0v) is 7.86. The number of aryl methyl sites for hydroxylation is 1. The standard InChI is InChI=1S/C11H13NO2/c12-10(11(13)14)9-6-2-4-7-3-1-5-8(7)9/h2,4,6,10H,1,3,5,12H2,(H,13,14)/t10-/m0/s1. The number of fused-ring (bicyclic) bond motifs is 1. The number of rotatable bonds is 2. The Morgan fingerprint density at radius 1 is 1.43 bits per heavy atom. The molecular weight excluding hydrogens is 178 g/mol. The lowest BCUT2D eigenvalue weighted by Gasteiger charge is -2.11. The maximum Gasteiger partial charge on any atom is 0.325 e. The summed E-state index contributed by atoms with van der Waals surface area (Å²) in [5.74, 6) is -0.953. The van der Waals surface area contributed by atoms with Crippen LogP contribution in [0.25, 0.3) is 0 Å². The van der Waals surface area contributed by atoms with E-state index in [2.05, 4.69) is 6.07 Å². The van der Waals surface area contributed by atoms with Crippen molar-refractivity contribution in [3.63, 3.8) is 0 Å². The van der Waals surface area contributed by atoms with E-state index < -0.39 is 12.0 Å². The summed E-state index contributed by atoms with van der Waals surface area (Å²) in [6.07, 6.45) is 3.13. The number of hydrogen-bond donors (Lipinski definition) is 2. The number of carboxylic acids is 1. The van der Waals surface area contributed by atoms with E-state index in [-0.39, 0.29) is 0 Å². The lowest BCUT2D eigenvalue weighted by atomic mass is 9.98. The van der Waals surface area contributed by atoms with Crippen LogP contribution in [-0.2, 0) is 17.6 Å². The Balaban J connectivity index is 2.44. The van der Waals surface area contributed by atoms with Gasteiger partial charge in [0.05, 0.1) is 0 Å². The van der Waals surface area contributed by atoms with Crippen LogP contribution in [0.3, 0.4) is 0 Å². The van der Waals surface area contributed by atoms with Crippen molar-refractivity contribution in [2.75, 3.05) is 0 Å². The number of hydrogen-bond acceptors (Lipinski definition) is 2. The summed E-state index contributed by atoms with van der Waals surface area (Å²) in [4.78, 5) is 10.8. The van der Waals surface area contributed by atoms with Gasteiger partial charge in [-0.2, -0.15) is 0 Å². The van der Waals surface area contributed by atoms with Crippen molar-refractivity contribution < 1.29 is 9.90 Å². The molecule has 3 heteroatoms. The highest BCUT2D eigenvalue weighted by molar-refractivity contribution is 5.76. The number of nitrogens with two attached hydrogens (primary N) is 1. The molecule has 0 saturated heterocycles. The highest BCUT2D eigenvalue weighted by Gasteiger charge is 2.21. The van der Waals surface area contributed by atoms with Crippen LogP contribution in [0.4, 0.5) is 0 Å². The zero-order valence-electron chi connectivity index (χ0n) is 7.86.